The van der Waals surface area contributed by atoms with Gasteiger partial charge in [0.15, 0.2) is 0 Å². The lowest BCUT2D eigenvalue weighted by molar-refractivity contribution is -0.192. The average Bonchev–Trinajstić information content (AvgIpc) is 3.37. The molecule has 294 valence electrons. The van der Waals surface area contributed by atoms with Crippen molar-refractivity contribution in [3.8, 4) is 17.2 Å². The van der Waals surface area contributed by atoms with E-state index in [9.17, 15) is 57.6 Å². The maximum Gasteiger partial charge on any atom is 0.490 e. The Hall–Kier alpha value is -6.95. The van der Waals surface area contributed by atoms with Crippen LogP contribution in [0.4, 0.5) is 13.2 Å². The van der Waals surface area contributed by atoms with Crippen molar-refractivity contribution in [1.82, 2.24) is 10.6 Å². The van der Waals surface area contributed by atoms with Crippen LogP contribution >= 0.6 is 0 Å². The quantitative estimate of drug-likeness (QED) is 0.0870. The standard InChI is InChI=1S/C36H32N2O11.C2HF3O2/c39-26-9-4-8-24(34(44)45)30(26)32(42)31-27(40)16-23(17-28(31)41)36(47)49-29-10-5-15-37-18-25(29)38-33(43)21-11-13-22(14-12-21)35(46)48-19-20-6-2-1-3-7-20;3-2(4,5)1(6)7/h1-4,6-9,11-14,16-17,25,29,37,39-41H,5,10,15,18-19H2,(H,38,43)(H,44,45);(H,6,7)/t25-,29-;/m0./s1. The zero-order valence-electron chi connectivity index (χ0n) is 28.9. The number of carboxylic acids is 2. The molecular weight excluding hydrogens is 749 g/mol. The van der Waals surface area contributed by atoms with E-state index in [4.69, 9.17) is 19.4 Å². The lowest BCUT2D eigenvalue weighted by Crippen LogP contribution is -2.49. The fourth-order valence-electron chi connectivity index (χ4n) is 5.37. The van der Waals surface area contributed by atoms with Gasteiger partial charge in [0.1, 0.15) is 35.5 Å². The van der Waals surface area contributed by atoms with Crippen molar-refractivity contribution >= 4 is 35.6 Å². The van der Waals surface area contributed by atoms with Crippen molar-refractivity contribution in [3.05, 3.63) is 124 Å². The predicted octanol–water partition coefficient (Wildman–Crippen LogP) is 4.43. The summed E-state index contributed by atoms with van der Waals surface area (Å²) in [4.78, 5) is 72.5. The van der Waals surface area contributed by atoms with E-state index in [0.717, 1.165) is 29.8 Å². The van der Waals surface area contributed by atoms with E-state index in [1.165, 1.54) is 30.3 Å². The number of aromatic carboxylic acids is 1. The molecule has 56 heavy (non-hydrogen) atoms. The number of benzene rings is 4. The number of phenolic OH excluding ortho intramolecular Hbond substituents is 3. The number of phenols is 3. The van der Waals surface area contributed by atoms with Gasteiger partial charge in [0.05, 0.1) is 28.3 Å². The Morgan fingerprint density at radius 1 is 0.750 bits per heavy atom. The van der Waals surface area contributed by atoms with Crippen LogP contribution in [0.3, 0.4) is 0 Å². The molecule has 0 saturated carbocycles. The van der Waals surface area contributed by atoms with E-state index in [1.54, 1.807) is 0 Å². The summed E-state index contributed by atoms with van der Waals surface area (Å²) >= 11 is 0. The zero-order chi connectivity index (χ0) is 41.2. The molecule has 0 aromatic heterocycles. The van der Waals surface area contributed by atoms with Gasteiger partial charge in [-0.05, 0) is 73.5 Å². The first kappa shape index (κ1) is 41.8. The molecule has 5 rings (SSSR count). The molecule has 2 atom stereocenters. The molecule has 1 aliphatic rings. The highest BCUT2D eigenvalue weighted by Gasteiger charge is 2.38. The van der Waals surface area contributed by atoms with E-state index in [1.807, 2.05) is 30.3 Å². The van der Waals surface area contributed by atoms with Gasteiger partial charge >= 0.3 is 30.1 Å². The zero-order valence-corrected chi connectivity index (χ0v) is 28.9. The minimum absolute atomic E-state index is 0.101. The third-order valence-electron chi connectivity index (χ3n) is 8.13. The van der Waals surface area contributed by atoms with Crippen LogP contribution in [0, 0.1) is 0 Å². The number of rotatable bonds is 10. The smallest absolute Gasteiger partial charge is 0.490 e. The number of carboxylic acid groups (broad SMARTS) is 2. The number of aromatic hydroxyl groups is 3. The molecule has 1 heterocycles. The fourth-order valence-corrected chi connectivity index (χ4v) is 5.37. The number of aliphatic carboxylic acids is 1. The van der Waals surface area contributed by atoms with Crippen molar-refractivity contribution in [3.63, 3.8) is 0 Å². The third kappa shape index (κ3) is 10.8. The Kier molecular flexibility index (Phi) is 13.7. The molecule has 15 nitrogen and oxygen atoms in total. The number of halogens is 3. The van der Waals surface area contributed by atoms with Gasteiger partial charge < -0.3 is 45.6 Å². The van der Waals surface area contributed by atoms with Gasteiger partial charge in [-0.25, -0.2) is 19.2 Å². The van der Waals surface area contributed by atoms with Crippen LogP contribution in [-0.2, 0) is 20.9 Å². The van der Waals surface area contributed by atoms with Gasteiger partial charge in [-0.2, -0.15) is 13.2 Å². The van der Waals surface area contributed by atoms with Gasteiger partial charge in [0, 0.05) is 12.1 Å². The highest BCUT2D eigenvalue weighted by molar-refractivity contribution is 6.18. The van der Waals surface area contributed by atoms with Crippen molar-refractivity contribution in [2.75, 3.05) is 13.1 Å². The van der Waals surface area contributed by atoms with Crippen LogP contribution in [0.1, 0.15) is 75.8 Å². The van der Waals surface area contributed by atoms with Gasteiger partial charge in [0.2, 0.25) is 5.78 Å². The lowest BCUT2D eigenvalue weighted by Gasteiger charge is -2.26. The fraction of sp³-hybridized carbons (Fsp3) is 0.211. The van der Waals surface area contributed by atoms with E-state index in [-0.39, 0.29) is 29.8 Å². The summed E-state index contributed by atoms with van der Waals surface area (Å²) in [5.74, 6) is -9.84. The number of hydrogen-bond acceptors (Lipinski definition) is 12. The number of ether oxygens (including phenoxy) is 2. The van der Waals surface area contributed by atoms with Crippen LogP contribution in [0.15, 0.2) is 84.9 Å². The Labute approximate surface area is 314 Å². The normalized spacial score (nSPS) is 15.2. The largest absolute Gasteiger partial charge is 0.507 e. The topological polar surface area (TPSA) is 246 Å². The van der Waals surface area contributed by atoms with Crippen LogP contribution in [0.2, 0.25) is 0 Å². The third-order valence-corrected chi connectivity index (χ3v) is 8.13. The summed E-state index contributed by atoms with van der Waals surface area (Å²) < 4.78 is 42.8. The van der Waals surface area contributed by atoms with Gasteiger partial charge in [-0.15, -0.1) is 0 Å². The van der Waals surface area contributed by atoms with Crippen molar-refractivity contribution in [2.45, 2.75) is 37.8 Å². The molecule has 4 aromatic rings. The molecule has 0 radical (unpaired) electrons. The summed E-state index contributed by atoms with van der Waals surface area (Å²) in [6.45, 7) is 0.942. The first-order valence-corrected chi connectivity index (χ1v) is 16.5. The summed E-state index contributed by atoms with van der Waals surface area (Å²) in [5, 5.41) is 54.1. The number of nitrogens with one attached hydrogen (secondary N) is 2. The van der Waals surface area contributed by atoms with Crippen molar-refractivity contribution < 1.29 is 76.9 Å². The predicted molar refractivity (Wildman–Crippen MR) is 187 cm³/mol. The maximum atomic E-state index is 13.2. The minimum atomic E-state index is -5.08. The monoisotopic (exact) mass is 782 g/mol. The molecule has 0 spiro atoms. The number of hydrogen-bond donors (Lipinski definition) is 7. The number of ketones is 1. The van der Waals surface area contributed by atoms with E-state index in [2.05, 4.69) is 10.6 Å². The Bertz CT molecular complexity index is 2080. The molecular formula is C38H33F3N2O13. The summed E-state index contributed by atoms with van der Waals surface area (Å²) in [6.07, 6.45) is -4.96. The van der Waals surface area contributed by atoms with Gasteiger partial charge in [-0.1, -0.05) is 36.4 Å². The summed E-state index contributed by atoms with van der Waals surface area (Å²) in [5.41, 5.74) is -0.908. The minimum Gasteiger partial charge on any atom is -0.507 e. The molecule has 1 fully saturated rings. The molecule has 4 aromatic carbocycles. The van der Waals surface area contributed by atoms with Crippen LogP contribution in [0.5, 0.6) is 17.2 Å². The summed E-state index contributed by atoms with van der Waals surface area (Å²) in [7, 11) is 0. The molecule has 0 unspecified atom stereocenters. The van der Waals surface area contributed by atoms with Crippen molar-refractivity contribution in [2.24, 2.45) is 0 Å². The average molecular weight is 783 g/mol. The van der Waals surface area contributed by atoms with Gasteiger partial charge in [0.25, 0.3) is 5.91 Å². The molecule has 0 aliphatic carbocycles. The molecule has 1 amide bonds. The molecule has 0 bridgehead atoms. The first-order valence-electron chi connectivity index (χ1n) is 16.5. The Morgan fingerprint density at radius 3 is 1.95 bits per heavy atom. The number of amides is 1. The van der Waals surface area contributed by atoms with Crippen LogP contribution in [-0.4, -0.2) is 92.5 Å². The SMILES string of the molecule is O=C(N[C@H]1CNCCC[C@@H]1OC(=O)c1cc(O)c(C(=O)c2c(O)cccc2C(=O)O)c(O)c1)c1ccc(C(=O)OCc2ccccc2)cc1.O=C(O)C(F)(F)F. The van der Waals surface area contributed by atoms with Crippen LogP contribution in [0.25, 0.3) is 0 Å². The van der Waals surface area contributed by atoms with Crippen LogP contribution < -0.4 is 10.6 Å². The second kappa shape index (κ2) is 18.4. The number of alkyl halides is 3. The number of carbonyl (C=O) groups excluding carboxylic acids is 4. The van der Waals surface area contributed by atoms with Crippen molar-refractivity contribution in [1.29, 1.82) is 0 Å². The molecule has 1 aliphatic heterocycles. The number of esters is 2. The Morgan fingerprint density at radius 2 is 1.36 bits per heavy atom. The first-order chi connectivity index (χ1) is 26.5. The van der Waals surface area contributed by atoms with E-state index in [0.29, 0.717) is 19.4 Å². The molecule has 1 saturated heterocycles. The second-order valence-corrected chi connectivity index (χ2v) is 12.0. The number of carbonyl (C=O) groups is 6. The van der Waals surface area contributed by atoms with Gasteiger partial charge in [-0.3, -0.25) is 9.59 Å². The van der Waals surface area contributed by atoms with E-state index >= 15 is 0 Å². The highest BCUT2D eigenvalue weighted by atomic mass is 19.4. The molecule has 18 heteroatoms. The summed E-state index contributed by atoms with van der Waals surface area (Å²) in [6, 6.07) is 19.5. The lowest BCUT2D eigenvalue weighted by atomic mass is 9.95. The highest BCUT2D eigenvalue weighted by Crippen LogP contribution is 2.35. The molecule has 7 N–H and O–H groups in total. The Balaban J connectivity index is 0.000000908. The van der Waals surface area contributed by atoms with E-state index < -0.39 is 87.8 Å². The maximum absolute atomic E-state index is 13.2. The second-order valence-electron chi connectivity index (χ2n) is 12.0.